The quantitative estimate of drug-likeness (QED) is 0.694. The zero-order valence-electron chi connectivity index (χ0n) is 7.05. The minimum Gasteiger partial charge on any atom is -0.382 e. The van der Waals surface area contributed by atoms with Gasteiger partial charge >= 0.3 is 0 Å². The molecule has 0 aromatic rings. The second-order valence-corrected chi connectivity index (χ2v) is 2.91. The van der Waals surface area contributed by atoms with E-state index in [2.05, 4.69) is 5.32 Å². The van der Waals surface area contributed by atoms with Crippen molar-refractivity contribution in [1.82, 2.24) is 5.32 Å². The number of thioether (sulfide) groups is 1. The van der Waals surface area contributed by atoms with Crippen LogP contribution in [-0.2, 0) is 4.74 Å². The molecule has 1 saturated heterocycles. The fraction of sp³-hybridized carbons (Fsp3) is 0.857. The molecule has 1 amide bonds. The molecule has 0 atom stereocenters. The van der Waals surface area contributed by atoms with Crippen molar-refractivity contribution in [1.29, 1.82) is 0 Å². The van der Waals surface area contributed by atoms with Crippen LogP contribution in [0.3, 0.4) is 0 Å². The maximum Gasteiger partial charge on any atom is 0.279 e. The van der Waals surface area contributed by atoms with Crippen LogP contribution in [0.15, 0.2) is 0 Å². The molecule has 0 spiro atoms. The molecule has 0 radical (unpaired) electrons. The summed E-state index contributed by atoms with van der Waals surface area (Å²) in [6.07, 6.45) is 0. The van der Waals surface area contributed by atoms with Gasteiger partial charge in [0.15, 0.2) is 0 Å². The highest BCUT2D eigenvalue weighted by Crippen LogP contribution is 2.04. The smallest absolute Gasteiger partial charge is 0.279 e. The Labute approximate surface area is 71.9 Å². The molecule has 3 nitrogen and oxygen atoms in total. The van der Waals surface area contributed by atoms with Gasteiger partial charge in [0.1, 0.15) is 0 Å². The van der Waals surface area contributed by atoms with Crippen LogP contribution in [0.2, 0.25) is 0 Å². The topological polar surface area (TPSA) is 38.3 Å². The number of carbonyl (C=O) groups is 1. The molecule has 66 valence electrons. The number of carbonyl (C=O) groups excluding carboxylic acids is 1. The summed E-state index contributed by atoms with van der Waals surface area (Å²) in [5.41, 5.74) is 0. The van der Waals surface area contributed by atoms with Crippen LogP contribution in [0.25, 0.3) is 0 Å². The number of rotatable bonds is 2. The molecule has 1 heterocycles. The van der Waals surface area contributed by atoms with E-state index in [4.69, 9.17) is 4.74 Å². The zero-order chi connectivity index (χ0) is 8.53. The van der Waals surface area contributed by atoms with Gasteiger partial charge in [0.25, 0.3) is 5.24 Å². The van der Waals surface area contributed by atoms with Gasteiger partial charge in [-0.15, -0.1) is 0 Å². The Morgan fingerprint density at radius 1 is 1.55 bits per heavy atom. The molecule has 1 rings (SSSR count). The van der Waals surface area contributed by atoms with Crippen LogP contribution in [0.1, 0.15) is 13.8 Å². The summed E-state index contributed by atoms with van der Waals surface area (Å²) in [6.45, 7) is 6.52. The summed E-state index contributed by atoms with van der Waals surface area (Å²) in [4.78, 5) is 10.1. The Hall–Kier alpha value is -0.220. The van der Waals surface area contributed by atoms with Crippen LogP contribution in [0, 0.1) is 0 Å². The molecule has 0 saturated carbocycles. The van der Waals surface area contributed by atoms with Gasteiger partial charge < -0.3 is 10.1 Å². The predicted molar refractivity (Wildman–Crippen MR) is 48.0 cm³/mol. The molecule has 0 unspecified atom stereocenters. The summed E-state index contributed by atoms with van der Waals surface area (Å²) in [7, 11) is 0. The largest absolute Gasteiger partial charge is 0.382 e. The molecular formula is C7H15NO2S. The minimum absolute atomic E-state index is 0.120. The lowest BCUT2D eigenvalue weighted by atomic mass is 10.8. The number of hydrogen-bond acceptors (Lipinski definition) is 3. The van der Waals surface area contributed by atoms with E-state index in [1.54, 1.807) is 0 Å². The third-order valence-corrected chi connectivity index (χ3v) is 1.83. The maximum atomic E-state index is 10.1. The molecule has 1 fully saturated rings. The van der Waals surface area contributed by atoms with Crippen LogP contribution in [0.4, 0.5) is 4.79 Å². The van der Waals surface area contributed by atoms with Crippen LogP contribution < -0.4 is 5.32 Å². The Balaban J connectivity index is 0.000000187. The van der Waals surface area contributed by atoms with Crippen molar-refractivity contribution in [3.63, 3.8) is 0 Å². The average molecular weight is 177 g/mol. The van der Waals surface area contributed by atoms with E-state index in [0.717, 1.165) is 25.5 Å². The molecule has 1 aliphatic rings. The molecule has 11 heavy (non-hydrogen) atoms. The third kappa shape index (κ3) is 7.68. The van der Waals surface area contributed by atoms with Crippen molar-refractivity contribution in [3.8, 4) is 0 Å². The number of nitrogens with one attached hydrogen (secondary N) is 1. The van der Waals surface area contributed by atoms with Gasteiger partial charge in [0.2, 0.25) is 0 Å². The standard InChI is InChI=1S/C4H10O.C3H5NOS/c1-3-5-4-2;5-3-4-1-2-6-3/h3-4H2,1-2H3;1-2H2,(H,4,5). The van der Waals surface area contributed by atoms with Gasteiger partial charge in [-0.2, -0.15) is 0 Å². The minimum atomic E-state index is 0.120. The van der Waals surface area contributed by atoms with Crippen molar-refractivity contribution >= 4 is 17.0 Å². The summed E-state index contributed by atoms with van der Waals surface area (Å²) in [6, 6.07) is 0. The lowest BCUT2D eigenvalue weighted by molar-refractivity contribution is 0.162. The van der Waals surface area contributed by atoms with Gasteiger partial charge in [-0.25, -0.2) is 0 Å². The second-order valence-electron chi connectivity index (χ2n) is 1.84. The van der Waals surface area contributed by atoms with E-state index >= 15 is 0 Å². The normalized spacial score (nSPS) is 15.3. The molecule has 0 bridgehead atoms. The van der Waals surface area contributed by atoms with Crippen molar-refractivity contribution in [3.05, 3.63) is 0 Å². The predicted octanol–water partition coefficient (Wildman–Crippen LogP) is 1.49. The van der Waals surface area contributed by atoms with Gasteiger partial charge in [-0.05, 0) is 13.8 Å². The molecular weight excluding hydrogens is 162 g/mol. The number of amides is 1. The first-order valence-electron chi connectivity index (χ1n) is 3.79. The lowest BCUT2D eigenvalue weighted by Gasteiger charge is -1.86. The van der Waals surface area contributed by atoms with Crippen LogP contribution in [0.5, 0.6) is 0 Å². The monoisotopic (exact) mass is 177 g/mol. The van der Waals surface area contributed by atoms with E-state index in [1.807, 2.05) is 13.8 Å². The summed E-state index contributed by atoms with van der Waals surface area (Å²) in [5.74, 6) is 0.943. The van der Waals surface area contributed by atoms with E-state index in [1.165, 1.54) is 11.8 Å². The fourth-order valence-electron chi connectivity index (χ4n) is 0.552. The molecule has 1 aliphatic heterocycles. The van der Waals surface area contributed by atoms with Gasteiger partial charge in [-0.3, -0.25) is 4.79 Å². The average Bonchev–Trinajstić information content (AvgIpc) is 2.43. The van der Waals surface area contributed by atoms with E-state index in [0.29, 0.717) is 0 Å². The number of hydrogen-bond donors (Lipinski definition) is 1. The summed E-state index contributed by atoms with van der Waals surface area (Å²) in [5, 5.41) is 2.76. The second kappa shape index (κ2) is 7.88. The molecule has 1 N–H and O–H groups in total. The Morgan fingerprint density at radius 3 is 2.27 bits per heavy atom. The van der Waals surface area contributed by atoms with Gasteiger partial charge in [0.05, 0.1) is 0 Å². The fourth-order valence-corrected chi connectivity index (χ4v) is 1.15. The molecule has 0 aromatic carbocycles. The van der Waals surface area contributed by atoms with E-state index < -0.39 is 0 Å². The summed E-state index contributed by atoms with van der Waals surface area (Å²) >= 11 is 1.35. The Morgan fingerprint density at radius 2 is 2.18 bits per heavy atom. The maximum absolute atomic E-state index is 10.1. The first-order chi connectivity index (χ1) is 5.31. The van der Waals surface area contributed by atoms with E-state index in [-0.39, 0.29) is 5.24 Å². The zero-order valence-corrected chi connectivity index (χ0v) is 7.87. The lowest BCUT2D eigenvalue weighted by Crippen LogP contribution is -2.10. The van der Waals surface area contributed by atoms with Crippen LogP contribution in [-0.4, -0.2) is 30.8 Å². The van der Waals surface area contributed by atoms with Crippen LogP contribution >= 0.6 is 11.8 Å². The highest BCUT2D eigenvalue weighted by molar-refractivity contribution is 8.13. The first kappa shape index (κ1) is 10.8. The van der Waals surface area contributed by atoms with Crippen molar-refractivity contribution in [2.45, 2.75) is 13.8 Å². The van der Waals surface area contributed by atoms with Crippen molar-refractivity contribution in [2.75, 3.05) is 25.5 Å². The first-order valence-corrected chi connectivity index (χ1v) is 4.78. The molecule has 0 aliphatic carbocycles. The summed E-state index contributed by atoms with van der Waals surface area (Å²) < 4.78 is 4.83. The van der Waals surface area contributed by atoms with Crippen molar-refractivity contribution in [2.24, 2.45) is 0 Å². The van der Waals surface area contributed by atoms with Gasteiger partial charge in [-0.1, -0.05) is 11.8 Å². The third-order valence-electron chi connectivity index (χ3n) is 1.01. The van der Waals surface area contributed by atoms with Gasteiger partial charge in [0, 0.05) is 25.5 Å². The number of ether oxygens (including phenoxy) is 1. The molecule has 0 aromatic heterocycles. The Bertz CT molecular complexity index is 98.6. The SMILES string of the molecule is CCOCC.O=C1NCCS1. The Kier molecular flexibility index (Phi) is 7.72. The highest BCUT2D eigenvalue weighted by Gasteiger charge is 2.06. The van der Waals surface area contributed by atoms with Crippen molar-refractivity contribution < 1.29 is 9.53 Å². The molecule has 4 heteroatoms. The highest BCUT2D eigenvalue weighted by atomic mass is 32.2. The van der Waals surface area contributed by atoms with E-state index in [9.17, 15) is 4.79 Å².